The molecule has 1 aromatic rings. The summed E-state index contributed by atoms with van der Waals surface area (Å²) in [5, 5.41) is 14.1. The van der Waals surface area contributed by atoms with Crippen LogP contribution in [-0.4, -0.2) is 45.4 Å². The van der Waals surface area contributed by atoms with Gasteiger partial charge < -0.3 is 20.9 Å². The van der Waals surface area contributed by atoms with E-state index in [9.17, 15) is 9.59 Å². The quantitative estimate of drug-likeness (QED) is 0.447. The number of nitrogens with zero attached hydrogens (tertiary/aromatic N) is 3. The number of carbonyl (C=O) groups excluding carboxylic acids is 2. The molecule has 8 nitrogen and oxygen atoms in total. The molecule has 0 bridgehead atoms. The first-order valence-corrected chi connectivity index (χ1v) is 7.72. The monoisotopic (exact) mass is 314 g/mol. The van der Waals surface area contributed by atoms with Crippen molar-refractivity contribution in [2.45, 2.75) is 38.5 Å². The van der Waals surface area contributed by atoms with Crippen LogP contribution in [-0.2, 0) is 16.1 Å². The Bertz CT molecular complexity index is 488. The van der Waals surface area contributed by atoms with E-state index in [1.54, 1.807) is 0 Å². The van der Waals surface area contributed by atoms with Gasteiger partial charge in [-0.3, -0.25) is 9.59 Å². The van der Waals surface area contributed by atoms with Gasteiger partial charge in [-0.1, -0.05) is 11.8 Å². The first kappa shape index (κ1) is 17.4. The largest absolute Gasteiger partial charge is 0.355 e. The predicted molar refractivity (Wildman–Crippen MR) is 80.7 cm³/mol. The molecular formula is C12H22N6O2S. The molecule has 2 amide bonds. The fourth-order valence-corrected chi connectivity index (χ4v) is 2.60. The van der Waals surface area contributed by atoms with Gasteiger partial charge in [-0.2, -0.15) is 0 Å². The average Bonchev–Trinajstić information content (AvgIpc) is 2.84. The number of nitrogens with two attached hydrogens (primary N) is 1. The van der Waals surface area contributed by atoms with Crippen LogP contribution in [0.15, 0.2) is 5.16 Å². The summed E-state index contributed by atoms with van der Waals surface area (Å²) in [5.41, 5.74) is 5.62. The van der Waals surface area contributed by atoms with Crippen molar-refractivity contribution in [2.75, 3.05) is 18.8 Å². The Hall–Kier alpha value is -1.61. The molecule has 0 aliphatic carbocycles. The second-order valence-electron chi connectivity index (χ2n) is 4.69. The molecule has 0 radical (unpaired) electrons. The minimum absolute atomic E-state index is 0.113. The maximum Gasteiger partial charge on any atom is 0.230 e. The summed E-state index contributed by atoms with van der Waals surface area (Å²) in [6, 6.07) is 0.184. The van der Waals surface area contributed by atoms with Crippen molar-refractivity contribution in [3.05, 3.63) is 5.82 Å². The van der Waals surface area contributed by atoms with Gasteiger partial charge in [0.25, 0.3) is 0 Å². The molecule has 118 valence electrons. The molecule has 0 spiro atoms. The van der Waals surface area contributed by atoms with Gasteiger partial charge in [0.05, 0.1) is 12.3 Å². The molecule has 4 N–H and O–H groups in total. The van der Waals surface area contributed by atoms with E-state index in [1.165, 1.54) is 18.7 Å². The Morgan fingerprint density at radius 1 is 1.29 bits per heavy atom. The highest BCUT2D eigenvalue weighted by Gasteiger charge is 2.15. The highest BCUT2D eigenvalue weighted by molar-refractivity contribution is 7.99. The van der Waals surface area contributed by atoms with E-state index < -0.39 is 0 Å². The van der Waals surface area contributed by atoms with Crippen LogP contribution in [0.1, 0.15) is 32.6 Å². The number of hydrogen-bond donors (Lipinski definition) is 3. The molecule has 0 unspecified atom stereocenters. The van der Waals surface area contributed by atoms with Crippen molar-refractivity contribution in [3.63, 3.8) is 0 Å². The minimum atomic E-state index is -0.113. The van der Waals surface area contributed by atoms with Gasteiger partial charge in [0, 0.05) is 26.1 Å². The summed E-state index contributed by atoms with van der Waals surface area (Å²) in [4.78, 5) is 22.4. The SMILES string of the molecule is CC(=O)NCCNC(=O)CSc1nnc(CN)n1C(C)C. The van der Waals surface area contributed by atoms with Crippen LogP contribution in [0, 0.1) is 0 Å². The maximum atomic E-state index is 11.7. The lowest BCUT2D eigenvalue weighted by molar-refractivity contribution is -0.120. The van der Waals surface area contributed by atoms with Gasteiger partial charge >= 0.3 is 0 Å². The lowest BCUT2D eigenvalue weighted by Gasteiger charge is -2.12. The fourth-order valence-electron chi connectivity index (χ4n) is 1.69. The first-order valence-electron chi connectivity index (χ1n) is 6.73. The van der Waals surface area contributed by atoms with Gasteiger partial charge in [0.2, 0.25) is 11.8 Å². The van der Waals surface area contributed by atoms with Crippen molar-refractivity contribution in [1.82, 2.24) is 25.4 Å². The van der Waals surface area contributed by atoms with Crippen LogP contribution in [0.5, 0.6) is 0 Å². The van der Waals surface area contributed by atoms with Crippen LogP contribution in [0.3, 0.4) is 0 Å². The van der Waals surface area contributed by atoms with Gasteiger partial charge in [-0.05, 0) is 13.8 Å². The van der Waals surface area contributed by atoms with Gasteiger partial charge in [0.15, 0.2) is 5.16 Å². The molecule has 1 heterocycles. The Labute approximate surface area is 128 Å². The third kappa shape index (κ3) is 5.72. The summed E-state index contributed by atoms with van der Waals surface area (Å²) in [6.07, 6.45) is 0. The van der Waals surface area contributed by atoms with Crippen LogP contribution < -0.4 is 16.4 Å². The molecular weight excluding hydrogens is 292 g/mol. The van der Waals surface area contributed by atoms with Gasteiger partial charge in [-0.25, -0.2) is 0 Å². The third-order valence-corrected chi connectivity index (χ3v) is 3.53. The molecule has 1 rings (SSSR count). The number of aromatic nitrogens is 3. The molecule has 0 atom stereocenters. The second-order valence-corrected chi connectivity index (χ2v) is 5.63. The predicted octanol–water partition coefficient (Wildman–Crippen LogP) is -0.338. The van der Waals surface area contributed by atoms with Gasteiger partial charge in [0.1, 0.15) is 5.82 Å². The minimum Gasteiger partial charge on any atom is -0.355 e. The van der Waals surface area contributed by atoms with E-state index in [-0.39, 0.29) is 23.6 Å². The summed E-state index contributed by atoms with van der Waals surface area (Å²) >= 11 is 1.32. The van der Waals surface area contributed by atoms with E-state index in [0.717, 1.165) is 0 Å². The summed E-state index contributed by atoms with van der Waals surface area (Å²) in [6.45, 7) is 6.61. The molecule has 1 aromatic heterocycles. The van der Waals surface area contributed by atoms with Crippen molar-refractivity contribution >= 4 is 23.6 Å². The number of amides is 2. The molecule has 0 saturated heterocycles. The smallest absolute Gasteiger partial charge is 0.230 e. The zero-order chi connectivity index (χ0) is 15.8. The van der Waals surface area contributed by atoms with Crippen molar-refractivity contribution in [3.8, 4) is 0 Å². The van der Waals surface area contributed by atoms with Crippen LogP contribution in [0.4, 0.5) is 0 Å². The summed E-state index contributed by atoms with van der Waals surface area (Å²) in [7, 11) is 0. The molecule has 21 heavy (non-hydrogen) atoms. The zero-order valence-corrected chi connectivity index (χ0v) is 13.4. The third-order valence-electron chi connectivity index (χ3n) is 2.59. The fraction of sp³-hybridized carbons (Fsp3) is 0.667. The topological polar surface area (TPSA) is 115 Å². The normalized spacial score (nSPS) is 10.7. The van der Waals surface area contributed by atoms with E-state index in [4.69, 9.17) is 5.73 Å². The molecule has 0 aromatic carbocycles. The number of thioether (sulfide) groups is 1. The van der Waals surface area contributed by atoms with Crippen LogP contribution in [0.2, 0.25) is 0 Å². The Kier molecular flexibility index (Phi) is 7.17. The Morgan fingerprint density at radius 2 is 1.95 bits per heavy atom. The van der Waals surface area contributed by atoms with Crippen molar-refractivity contribution in [2.24, 2.45) is 5.73 Å². The number of rotatable bonds is 8. The molecule has 9 heteroatoms. The van der Waals surface area contributed by atoms with Crippen molar-refractivity contribution < 1.29 is 9.59 Å². The lowest BCUT2D eigenvalue weighted by atomic mass is 10.4. The molecule has 0 aliphatic heterocycles. The number of nitrogens with one attached hydrogen (secondary N) is 2. The van der Waals surface area contributed by atoms with Gasteiger partial charge in [-0.15, -0.1) is 10.2 Å². The van der Waals surface area contributed by atoms with E-state index in [1.807, 2.05) is 18.4 Å². The molecule has 0 saturated carbocycles. The number of hydrogen-bond acceptors (Lipinski definition) is 6. The average molecular weight is 314 g/mol. The second kappa shape index (κ2) is 8.63. The number of carbonyl (C=O) groups is 2. The van der Waals surface area contributed by atoms with E-state index in [2.05, 4.69) is 20.8 Å². The van der Waals surface area contributed by atoms with Crippen LogP contribution in [0.25, 0.3) is 0 Å². The highest BCUT2D eigenvalue weighted by Crippen LogP contribution is 2.21. The Balaban J connectivity index is 2.43. The Morgan fingerprint density at radius 3 is 2.52 bits per heavy atom. The molecule has 0 fully saturated rings. The maximum absolute atomic E-state index is 11.7. The van der Waals surface area contributed by atoms with E-state index >= 15 is 0 Å². The first-order chi connectivity index (χ1) is 9.95. The molecule has 0 aliphatic rings. The van der Waals surface area contributed by atoms with Crippen molar-refractivity contribution in [1.29, 1.82) is 0 Å². The summed E-state index contributed by atoms with van der Waals surface area (Å²) < 4.78 is 1.93. The summed E-state index contributed by atoms with van der Waals surface area (Å²) in [5.74, 6) is 0.727. The standard InChI is InChI=1S/C12H22N6O2S/c1-8(2)18-10(6-13)16-17-12(18)21-7-11(20)15-5-4-14-9(3)19/h8H,4-7,13H2,1-3H3,(H,14,19)(H,15,20). The lowest BCUT2D eigenvalue weighted by Crippen LogP contribution is -2.34. The van der Waals surface area contributed by atoms with E-state index in [0.29, 0.717) is 30.6 Å². The zero-order valence-electron chi connectivity index (χ0n) is 12.5. The van der Waals surface area contributed by atoms with Crippen LogP contribution >= 0.6 is 11.8 Å². The highest BCUT2D eigenvalue weighted by atomic mass is 32.2.